The molecule has 2 aliphatic rings. The Labute approximate surface area is 185 Å². The lowest BCUT2D eigenvalue weighted by atomic mass is 10.0. The Morgan fingerprint density at radius 1 is 1.23 bits per heavy atom. The molecular formula is C22H25N5O3S. The maximum atomic E-state index is 13.2. The maximum absolute atomic E-state index is 13.2. The van der Waals surface area contributed by atoms with Gasteiger partial charge >= 0.3 is 0 Å². The first-order chi connectivity index (χ1) is 15.0. The van der Waals surface area contributed by atoms with Crippen molar-refractivity contribution in [1.29, 1.82) is 0 Å². The van der Waals surface area contributed by atoms with E-state index in [2.05, 4.69) is 16.2 Å². The average Bonchev–Trinajstić information content (AvgIpc) is 3.24. The molecule has 0 bridgehead atoms. The minimum atomic E-state index is -0.328. The molecule has 1 saturated heterocycles. The van der Waals surface area contributed by atoms with E-state index < -0.39 is 0 Å². The van der Waals surface area contributed by atoms with Crippen molar-refractivity contribution in [3.63, 3.8) is 0 Å². The van der Waals surface area contributed by atoms with E-state index in [1.807, 2.05) is 50.2 Å². The molecular weight excluding hydrogens is 414 g/mol. The third-order valence-electron chi connectivity index (χ3n) is 5.01. The van der Waals surface area contributed by atoms with E-state index in [1.165, 1.54) is 11.8 Å². The highest BCUT2D eigenvalue weighted by molar-refractivity contribution is 8.14. The van der Waals surface area contributed by atoms with Crippen LogP contribution in [0.15, 0.2) is 53.5 Å². The number of hydrazine groups is 1. The van der Waals surface area contributed by atoms with Crippen molar-refractivity contribution in [3.05, 3.63) is 54.1 Å². The fourth-order valence-electron chi connectivity index (χ4n) is 3.43. The first kappa shape index (κ1) is 21.4. The summed E-state index contributed by atoms with van der Waals surface area (Å²) in [6.45, 7) is 5.03. The van der Waals surface area contributed by atoms with Crippen LogP contribution in [0.2, 0.25) is 0 Å². The molecule has 0 saturated carbocycles. The number of rotatable bonds is 6. The second kappa shape index (κ2) is 9.51. The highest BCUT2D eigenvalue weighted by Gasteiger charge is 2.42. The number of amides is 2. The minimum Gasteiger partial charge on any atom is -0.494 e. The predicted molar refractivity (Wildman–Crippen MR) is 123 cm³/mol. The second-order valence-corrected chi connectivity index (χ2v) is 8.23. The summed E-state index contributed by atoms with van der Waals surface area (Å²) in [5.74, 6) is 0.407. The lowest BCUT2D eigenvalue weighted by Gasteiger charge is -2.32. The number of hydrogen-bond acceptors (Lipinski definition) is 7. The largest absolute Gasteiger partial charge is 0.494 e. The number of benzene rings is 2. The summed E-state index contributed by atoms with van der Waals surface area (Å²) in [5.41, 5.74) is 8.58. The standard InChI is InChI=1S/C22H25N5O3S/c1-3-30-17-10-6-15(7-11-17)24-19(28)13-31-22-25-20-18(12-23-26-20)21(29)27(22)16-8-4-14(2)5-9-16/h4-11,18,20,23,26H,3,12-13H2,1-2H3,(H,24,28). The number of fused-ring (bicyclic) bond motifs is 1. The van der Waals surface area contributed by atoms with Crippen LogP contribution in [0.5, 0.6) is 5.75 Å². The van der Waals surface area contributed by atoms with Crippen molar-refractivity contribution in [2.75, 3.05) is 29.1 Å². The zero-order chi connectivity index (χ0) is 21.8. The number of nitrogens with one attached hydrogen (secondary N) is 3. The van der Waals surface area contributed by atoms with E-state index in [4.69, 9.17) is 9.73 Å². The molecule has 0 aromatic heterocycles. The van der Waals surface area contributed by atoms with Crippen LogP contribution in [-0.4, -0.2) is 42.1 Å². The summed E-state index contributed by atoms with van der Waals surface area (Å²) in [6.07, 6.45) is -0.328. The molecule has 2 aromatic rings. The van der Waals surface area contributed by atoms with Crippen LogP contribution in [0.3, 0.4) is 0 Å². The molecule has 9 heteroatoms. The molecule has 2 aliphatic heterocycles. The second-order valence-electron chi connectivity index (χ2n) is 7.29. The van der Waals surface area contributed by atoms with Gasteiger partial charge in [-0.2, -0.15) is 0 Å². The number of ether oxygens (including phenoxy) is 1. The third-order valence-corrected chi connectivity index (χ3v) is 5.96. The number of anilines is 2. The molecule has 2 heterocycles. The van der Waals surface area contributed by atoms with Gasteiger partial charge in [0.15, 0.2) is 5.17 Å². The monoisotopic (exact) mass is 439 g/mol. The van der Waals surface area contributed by atoms with Gasteiger partial charge < -0.3 is 10.1 Å². The highest BCUT2D eigenvalue weighted by Crippen LogP contribution is 2.29. The van der Waals surface area contributed by atoms with Gasteiger partial charge in [-0.15, -0.1) is 0 Å². The van der Waals surface area contributed by atoms with Crippen LogP contribution in [0.25, 0.3) is 0 Å². The molecule has 8 nitrogen and oxygen atoms in total. The van der Waals surface area contributed by atoms with Gasteiger partial charge in [0.1, 0.15) is 11.9 Å². The van der Waals surface area contributed by atoms with Crippen molar-refractivity contribution in [3.8, 4) is 5.75 Å². The summed E-state index contributed by atoms with van der Waals surface area (Å²) >= 11 is 1.25. The Morgan fingerprint density at radius 2 is 1.97 bits per heavy atom. The van der Waals surface area contributed by atoms with E-state index in [-0.39, 0.29) is 29.7 Å². The molecule has 0 aliphatic carbocycles. The number of thioether (sulfide) groups is 1. The molecule has 2 atom stereocenters. The lowest BCUT2D eigenvalue weighted by Crippen LogP contribution is -2.49. The van der Waals surface area contributed by atoms with Crippen LogP contribution in [0.1, 0.15) is 12.5 Å². The number of carbonyl (C=O) groups is 2. The first-order valence-corrected chi connectivity index (χ1v) is 11.2. The number of amidine groups is 1. The lowest BCUT2D eigenvalue weighted by molar-refractivity contribution is -0.121. The molecule has 1 fully saturated rings. The fourth-order valence-corrected chi connectivity index (χ4v) is 4.27. The number of carbonyl (C=O) groups excluding carboxylic acids is 2. The quantitative estimate of drug-likeness (QED) is 0.640. The zero-order valence-corrected chi connectivity index (χ0v) is 18.2. The maximum Gasteiger partial charge on any atom is 0.241 e. The summed E-state index contributed by atoms with van der Waals surface area (Å²) in [5, 5.41) is 3.38. The first-order valence-electron chi connectivity index (χ1n) is 10.2. The van der Waals surface area contributed by atoms with Crippen LogP contribution in [-0.2, 0) is 9.59 Å². The van der Waals surface area contributed by atoms with Crippen LogP contribution in [0, 0.1) is 12.8 Å². The molecule has 2 unspecified atom stereocenters. The number of aliphatic imine (C=N–C) groups is 1. The van der Waals surface area contributed by atoms with Crippen molar-refractivity contribution in [2.24, 2.45) is 10.9 Å². The predicted octanol–water partition coefficient (Wildman–Crippen LogP) is 2.52. The van der Waals surface area contributed by atoms with Crippen LogP contribution < -0.4 is 25.8 Å². The smallest absolute Gasteiger partial charge is 0.241 e. The third kappa shape index (κ3) is 4.90. The summed E-state index contributed by atoms with van der Waals surface area (Å²) in [4.78, 5) is 32.0. The number of aryl methyl sites for hydroxylation is 1. The normalized spacial score (nSPS) is 20.3. The zero-order valence-electron chi connectivity index (χ0n) is 17.4. The van der Waals surface area contributed by atoms with Gasteiger partial charge in [-0.05, 0) is 50.2 Å². The molecule has 3 N–H and O–H groups in total. The van der Waals surface area contributed by atoms with Gasteiger partial charge in [0.05, 0.1) is 24.0 Å². The highest BCUT2D eigenvalue weighted by atomic mass is 32.2. The summed E-state index contributed by atoms with van der Waals surface area (Å²) < 4.78 is 5.42. The van der Waals surface area contributed by atoms with Crippen LogP contribution in [0.4, 0.5) is 11.4 Å². The molecule has 162 valence electrons. The average molecular weight is 440 g/mol. The molecule has 0 spiro atoms. The summed E-state index contributed by atoms with van der Waals surface area (Å²) in [7, 11) is 0. The van der Waals surface area contributed by atoms with E-state index >= 15 is 0 Å². The van der Waals surface area contributed by atoms with Crippen molar-refractivity contribution < 1.29 is 14.3 Å². The van der Waals surface area contributed by atoms with Gasteiger partial charge in [0, 0.05) is 12.2 Å². The Kier molecular flexibility index (Phi) is 6.55. The minimum absolute atomic E-state index is 0.0317. The SMILES string of the molecule is CCOc1ccc(NC(=O)CSC2=NC3NNCC3C(=O)N2c2ccc(C)cc2)cc1. The van der Waals surface area contributed by atoms with E-state index in [1.54, 1.807) is 17.0 Å². The van der Waals surface area contributed by atoms with Gasteiger partial charge in [-0.1, -0.05) is 29.5 Å². The number of hydrogen-bond donors (Lipinski definition) is 3. The van der Waals surface area contributed by atoms with Crippen molar-refractivity contribution >= 4 is 40.1 Å². The molecule has 2 amide bonds. The van der Waals surface area contributed by atoms with Gasteiger partial charge in [0.2, 0.25) is 11.8 Å². The molecule has 2 aromatic carbocycles. The van der Waals surface area contributed by atoms with Crippen molar-refractivity contribution in [1.82, 2.24) is 10.9 Å². The fraction of sp³-hybridized carbons (Fsp3) is 0.318. The van der Waals surface area contributed by atoms with E-state index in [0.29, 0.717) is 24.0 Å². The Bertz CT molecular complexity index is 978. The Morgan fingerprint density at radius 3 is 2.68 bits per heavy atom. The van der Waals surface area contributed by atoms with E-state index in [0.717, 1.165) is 17.0 Å². The Balaban J connectivity index is 1.46. The van der Waals surface area contributed by atoms with Crippen LogP contribution >= 0.6 is 11.8 Å². The van der Waals surface area contributed by atoms with Gasteiger partial charge in [-0.3, -0.25) is 19.9 Å². The molecule has 0 radical (unpaired) electrons. The van der Waals surface area contributed by atoms with Crippen molar-refractivity contribution in [2.45, 2.75) is 20.0 Å². The molecule has 31 heavy (non-hydrogen) atoms. The topological polar surface area (TPSA) is 95.1 Å². The van der Waals surface area contributed by atoms with E-state index in [9.17, 15) is 9.59 Å². The molecule has 4 rings (SSSR count). The Hall–Kier alpha value is -2.88. The van der Waals surface area contributed by atoms with Gasteiger partial charge in [-0.25, -0.2) is 10.4 Å². The summed E-state index contributed by atoms with van der Waals surface area (Å²) in [6, 6.07) is 14.9. The van der Waals surface area contributed by atoms with Gasteiger partial charge in [0.25, 0.3) is 0 Å². The number of nitrogens with zero attached hydrogens (tertiary/aromatic N) is 2.